The fourth-order valence-electron chi connectivity index (χ4n) is 1.18. The van der Waals surface area contributed by atoms with Gasteiger partial charge in [0, 0.05) is 5.92 Å². The molecule has 0 atom stereocenters. The average molecular weight is 194 g/mol. The first-order valence-electron chi connectivity index (χ1n) is 4.46. The van der Waals surface area contributed by atoms with Crippen molar-refractivity contribution in [2.75, 3.05) is 0 Å². The van der Waals surface area contributed by atoms with E-state index in [-0.39, 0.29) is 29.7 Å². The van der Waals surface area contributed by atoms with Crippen molar-refractivity contribution < 1.29 is 9.59 Å². The third-order valence-electron chi connectivity index (χ3n) is 2.13. The maximum atomic E-state index is 11.4. The zero-order chi connectivity index (χ0) is 10.1. The van der Waals surface area contributed by atoms with Crippen LogP contribution in [0.25, 0.3) is 0 Å². The monoisotopic (exact) mass is 194 g/mol. The number of nitrogens with zero attached hydrogens (tertiary/aromatic N) is 4. The number of rotatable bonds is 4. The standard InChI is InChI=1S/C8H10N4O2/c1-12-10-8(9-11-12)7(14)4-6(13)5-2-3-5/h5H,2-4H2,1H3. The SMILES string of the molecule is Cn1nnc(C(=O)CC(=O)C2CC2)n1. The summed E-state index contributed by atoms with van der Waals surface area (Å²) in [7, 11) is 1.58. The normalized spacial score (nSPS) is 15.5. The number of carbonyl (C=O) groups is 2. The van der Waals surface area contributed by atoms with Crippen LogP contribution >= 0.6 is 0 Å². The number of hydrogen-bond donors (Lipinski definition) is 0. The summed E-state index contributed by atoms with van der Waals surface area (Å²) in [5.74, 6) is -0.199. The molecule has 1 fully saturated rings. The van der Waals surface area contributed by atoms with E-state index in [1.165, 1.54) is 4.80 Å². The number of hydrogen-bond acceptors (Lipinski definition) is 5. The van der Waals surface area contributed by atoms with Gasteiger partial charge in [-0.15, -0.1) is 10.2 Å². The number of carbonyl (C=O) groups excluding carboxylic acids is 2. The largest absolute Gasteiger partial charge is 0.299 e. The zero-order valence-corrected chi connectivity index (χ0v) is 7.80. The van der Waals surface area contributed by atoms with Crippen LogP contribution in [-0.4, -0.2) is 31.8 Å². The number of tetrazole rings is 1. The first-order chi connectivity index (χ1) is 6.66. The van der Waals surface area contributed by atoms with Gasteiger partial charge in [-0.05, 0) is 18.1 Å². The number of aromatic nitrogens is 4. The quantitative estimate of drug-likeness (QED) is 0.488. The lowest BCUT2D eigenvalue weighted by Gasteiger charge is -1.92. The van der Waals surface area contributed by atoms with Gasteiger partial charge in [-0.2, -0.15) is 4.80 Å². The maximum Gasteiger partial charge on any atom is 0.240 e. The van der Waals surface area contributed by atoms with E-state index in [9.17, 15) is 9.59 Å². The van der Waals surface area contributed by atoms with E-state index in [1.807, 2.05) is 0 Å². The molecule has 1 saturated carbocycles. The smallest absolute Gasteiger partial charge is 0.240 e. The van der Waals surface area contributed by atoms with Crippen LogP contribution in [0.4, 0.5) is 0 Å². The van der Waals surface area contributed by atoms with Crippen molar-refractivity contribution in [3.05, 3.63) is 5.82 Å². The van der Waals surface area contributed by atoms with Gasteiger partial charge in [0.05, 0.1) is 13.5 Å². The summed E-state index contributed by atoms with van der Waals surface area (Å²) in [6.45, 7) is 0. The molecule has 14 heavy (non-hydrogen) atoms. The Morgan fingerprint density at radius 2 is 2.21 bits per heavy atom. The van der Waals surface area contributed by atoms with Crippen molar-refractivity contribution in [3.8, 4) is 0 Å². The topological polar surface area (TPSA) is 77.7 Å². The van der Waals surface area contributed by atoms with Crippen molar-refractivity contribution >= 4 is 11.6 Å². The van der Waals surface area contributed by atoms with Gasteiger partial charge in [0.15, 0.2) is 0 Å². The molecule has 0 aliphatic heterocycles. The van der Waals surface area contributed by atoms with Crippen LogP contribution in [0, 0.1) is 5.92 Å². The Morgan fingerprint density at radius 3 is 2.71 bits per heavy atom. The molecule has 1 aliphatic rings. The molecule has 1 aromatic rings. The number of aryl methyl sites for hydroxylation is 1. The Balaban J connectivity index is 1.98. The van der Waals surface area contributed by atoms with Gasteiger partial charge < -0.3 is 0 Å². The fraction of sp³-hybridized carbons (Fsp3) is 0.625. The first-order valence-corrected chi connectivity index (χ1v) is 4.46. The minimum Gasteiger partial charge on any atom is -0.299 e. The van der Waals surface area contributed by atoms with Gasteiger partial charge >= 0.3 is 0 Å². The van der Waals surface area contributed by atoms with Crippen LogP contribution in [0.3, 0.4) is 0 Å². The summed E-state index contributed by atoms with van der Waals surface area (Å²) in [6.07, 6.45) is 1.75. The van der Waals surface area contributed by atoms with Crippen molar-refractivity contribution in [1.29, 1.82) is 0 Å². The molecule has 1 heterocycles. The van der Waals surface area contributed by atoms with E-state index in [1.54, 1.807) is 7.05 Å². The van der Waals surface area contributed by atoms with Crippen LogP contribution < -0.4 is 0 Å². The van der Waals surface area contributed by atoms with Crippen LogP contribution in [-0.2, 0) is 11.8 Å². The summed E-state index contributed by atoms with van der Waals surface area (Å²) < 4.78 is 0. The second-order valence-electron chi connectivity index (χ2n) is 3.44. The van der Waals surface area contributed by atoms with E-state index in [0.717, 1.165) is 12.8 Å². The highest BCUT2D eigenvalue weighted by atomic mass is 16.2. The van der Waals surface area contributed by atoms with Crippen molar-refractivity contribution in [3.63, 3.8) is 0 Å². The molecule has 0 spiro atoms. The molecule has 2 rings (SSSR count). The molecule has 0 N–H and O–H groups in total. The lowest BCUT2D eigenvalue weighted by Crippen LogP contribution is -2.11. The van der Waals surface area contributed by atoms with Crippen LogP contribution in [0.1, 0.15) is 29.9 Å². The summed E-state index contributed by atoms with van der Waals surface area (Å²) in [5, 5.41) is 10.8. The molecular weight excluding hydrogens is 184 g/mol. The van der Waals surface area contributed by atoms with Crippen molar-refractivity contribution in [1.82, 2.24) is 20.2 Å². The predicted octanol–water partition coefficient (Wildman–Crippen LogP) is -0.238. The van der Waals surface area contributed by atoms with Crippen molar-refractivity contribution in [2.24, 2.45) is 13.0 Å². The van der Waals surface area contributed by atoms with Gasteiger partial charge in [0.2, 0.25) is 11.6 Å². The lowest BCUT2D eigenvalue weighted by atomic mass is 10.1. The number of Topliss-reactive ketones (excluding diaryl/α,β-unsaturated/α-hetero) is 2. The molecule has 1 aromatic heterocycles. The van der Waals surface area contributed by atoms with Crippen LogP contribution in [0.15, 0.2) is 0 Å². The average Bonchev–Trinajstić information content (AvgIpc) is 2.89. The number of ketones is 2. The molecule has 0 bridgehead atoms. The lowest BCUT2D eigenvalue weighted by molar-refractivity contribution is -0.119. The predicted molar refractivity (Wildman–Crippen MR) is 45.5 cm³/mol. The zero-order valence-electron chi connectivity index (χ0n) is 7.80. The molecule has 0 unspecified atom stereocenters. The Bertz CT molecular complexity index is 380. The molecule has 74 valence electrons. The van der Waals surface area contributed by atoms with E-state index >= 15 is 0 Å². The Morgan fingerprint density at radius 1 is 1.50 bits per heavy atom. The summed E-state index contributed by atoms with van der Waals surface area (Å²) in [4.78, 5) is 23.9. The highest BCUT2D eigenvalue weighted by molar-refractivity contribution is 6.07. The van der Waals surface area contributed by atoms with Gasteiger partial charge in [-0.25, -0.2) is 0 Å². The molecule has 0 amide bonds. The molecule has 0 saturated heterocycles. The molecule has 1 aliphatic carbocycles. The second-order valence-corrected chi connectivity index (χ2v) is 3.44. The minimum atomic E-state index is -0.338. The Hall–Kier alpha value is -1.59. The Kier molecular flexibility index (Phi) is 2.11. The van der Waals surface area contributed by atoms with Gasteiger partial charge in [-0.1, -0.05) is 0 Å². The molecule has 0 radical (unpaired) electrons. The first kappa shape index (κ1) is 8.98. The van der Waals surface area contributed by atoms with E-state index in [2.05, 4.69) is 15.4 Å². The van der Waals surface area contributed by atoms with Gasteiger partial charge in [0.1, 0.15) is 5.78 Å². The maximum absolute atomic E-state index is 11.4. The molecule has 0 aromatic carbocycles. The molecular formula is C8H10N4O2. The summed E-state index contributed by atoms with van der Waals surface area (Å²) in [5.41, 5.74) is 0. The van der Waals surface area contributed by atoms with Gasteiger partial charge in [-0.3, -0.25) is 9.59 Å². The molecule has 6 nitrogen and oxygen atoms in total. The summed E-state index contributed by atoms with van der Waals surface area (Å²) >= 11 is 0. The minimum absolute atomic E-state index is 0.00227. The summed E-state index contributed by atoms with van der Waals surface area (Å²) in [6, 6.07) is 0. The van der Waals surface area contributed by atoms with E-state index < -0.39 is 0 Å². The van der Waals surface area contributed by atoms with E-state index in [4.69, 9.17) is 0 Å². The van der Waals surface area contributed by atoms with Crippen LogP contribution in [0.2, 0.25) is 0 Å². The second kappa shape index (κ2) is 3.28. The molecule has 6 heteroatoms. The van der Waals surface area contributed by atoms with Gasteiger partial charge in [0.25, 0.3) is 0 Å². The highest BCUT2D eigenvalue weighted by Crippen LogP contribution is 2.31. The highest BCUT2D eigenvalue weighted by Gasteiger charge is 2.31. The Labute approximate surface area is 80.3 Å². The fourth-order valence-corrected chi connectivity index (χ4v) is 1.18. The third kappa shape index (κ3) is 1.84. The van der Waals surface area contributed by atoms with Crippen molar-refractivity contribution in [2.45, 2.75) is 19.3 Å². The third-order valence-corrected chi connectivity index (χ3v) is 2.13. The van der Waals surface area contributed by atoms with Crippen LogP contribution in [0.5, 0.6) is 0 Å². The van der Waals surface area contributed by atoms with E-state index in [0.29, 0.717) is 0 Å².